The molecule has 0 aromatic carbocycles. The Hall–Kier alpha value is -4.10. The molecule has 6 unspecified atom stereocenters. The Morgan fingerprint density at radius 3 is 1.40 bits per heavy atom. The van der Waals surface area contributed by atoms with E-state index in [1.54, 1.807) is 0 Å². The minimum Gasteiger partial charge on any atom is -0.479 e. The van der Waals surface area contributed by atoms with Crippen LogP contribution in [0.3, 0.4) is 0 Å². The van der Waals surface area contributed by atoms with Crippen molar-refractivity contribution in [1.29, 1.82) is 0 Å². The number of unbranched alkanes of at least 4 members (excludes halogenated alkanes) is 19. The summed E-state index contributed by atoms with van der Waals surface area (Å²) in [5.41, 5.74) is 0. The third-order valence-corrected chi connectivity index (χ3v) is 12.5. The van der Waals surface area contributed by atoms with Crippen LogP contribution in [-0.2, 0) is 42.9 Å². The van der Waals surface area contributed by atoms with Gasteiger partial charge in [-0.1, -0.05) is 209 Å². The fourth-order valence-corrected chi connectivity index (χ4v) is 8.09. The van der Waals surface area contributed by atoms with E-state index in [0.29, 0.717) is 25.7 Å². The molecule has 1 aliphatic heterocycles. The van der Waals surface area contributed by atoms with Gasteiger partial charge in [0.25, 0.3) is 0 Å². The Kier molecular flexibility index (Phi) is 44.7. The average Bonchev–Trinajstić information content (AvgIpc) is 3.37. The van der Waals surface area contributed by atoms with Gasteiger partial charge in [-0.05, 0) is 83.5 Å². The van der Waals surface area contributed by atoms with Crippen LogP contribution >= 0.6 is 0 Å². The fourth-order valence-electron chi connectivity index (χ4n) is 8.09. The zero-order chi connectivity index (χ0) is 53.3. The highest BCUT2D eigenvalue weighted by molar-refractivity contribution is 5.74. The summed E-state index contributed by atoms with van der Waals surface area (Å²) in [4.78, 5) is 50.9. The van der Waals surface area contributed by atoms with E-state index in [-0.39, 0.29) is 25.9 Å². The summed E-state index contributed by atoms with van der Waals surface area (Å²) in [6, 6.07) is 0. The van der Waals surface area contributed by atoms with Crippen molar-refractivity contribution in [2.24, 2.45) is 0 Å². The van der Waals surface area contributed by atoms with Gasteiger partial charge >= 0.3 is 23.9 Å². The molecule has 0 saturated carbocycles. The maximum atomic E-state index is 13.1. The first-order valence-electron chi connectivity index (χ1n) is 28.6. The second-order valence-corrected chi connectivity index (χ2v) is 19.2. The monoisotopic (exact) mass is 1020 g/mol. The van der Waals surface area contributed by atoms with Gasteiger partial charge in [-0.2, -0.15) is 0 Å². The van der Waals surface area contributed by atoms with E-state index in [0.717, 1.165) is 89.9 Å². The highest BCUT2D eigenvalue weighted by atomic mass is 16.7. The van der Waals surface area contributed by atoms with Gasteiger partial charge in [0, 0.05) is 19.3 Å². The van der Waals surface area contributed by atoms with Gasteiger partial charge in [-0.3, -0.25) is 14.4 Å². The number of carbonyl (C=O) groups excluding carboxylic acids is 3. The number of carbonyl (C=O) groups is 4. The number of esters is 3. The maximum absolute atomic E-state index is 13.1. The summed E-state index contributed by atoms with van der Waals surface area (Å²) in [7, 11) is 0. The van der Waals surface area contributed by atoms with Crippen molar-refractivity contribution in [1.82, 2.24) is 0 Å². The molecule has 0 aromatic rings. The lowest BCUT2D eigenvalue weighted by molar-refractivity contribution is -0.301. The van der Waals surface area contributed by atoms with Crippen LogP contribution in [0.15, 0.2) is 85.1 Å². The second-order valence-electron chi connectivity index (χ2n) is 19.2. The number of aliphatic hydroxyl groups excluding tert-OH is 2. The lowest BCUT2D eigenvalue weighted by Gasteiger charge is -2.40. The lowest BCUT2D eigenvalue weighted by atomic mass is 9.98. The standard InChI is InChI=1S/C61H100O12/c1-4-7-10-13-16-19-22-24-25-26-27-28-29-31-33-35-38-41-44-47-53(62)69-50-52(71-54(63)48-45-42-39-36-32-21-18-15-12-9-6-3)51-70-61-59(57(66)56(65)58(73-61)60(67)68)72-55(64)49-46-43-40-37-34-30-23-20-17-14-11-8-5-2/h8,11,16-17,19-20,24-25,27-28,30,34,40,43,52,56-59,61,65-66H,4-7,9-10,12-15,18,21-23,26,29,31-33,35-39,41-42,44-51H2,1-3H3,(H,67,68)/b11-8-,19-16-,20-17-,25-24-,28-27-,34-30-,43-40-. The number of carboxylic acids is 1. The predicted octanol–water partition coefficient (Wildman–Crippen LogP) is 14.3. The summed E-state index contributed by atoms with van der Waals surface area (Å²) >= 11 is 0. The fraction of sp³-hybridized carbons (Fsp3) is 0.705. The molecule has 1 heterocycles. The Morgan fingerprint density at radius 2 is 0.890 bits per heavy atom. The van der Waals surface area contributed by atoms with Gasteiger partial charge in [-0.15, -0.1) is 0 Å². The van der Waals surface area contributed by atoms with Crippen LogP contribution in [0.4, 0.5) is 0 Å². The number of aliphatic hydroxyl groups is 2. The maximum Gasteiger partial charge on any atom is 0.335 e. The molecule has 0 aromatic heterocycles. The van der Waals surface area contributed by atoms with Gasteiger partial charge in [0.2, 0.25) is 0 Å². The molecule has 12 nitrogen and oxygen atoms in total. The number of allylic oxidation sites excluding steroid dienone is 14. The molecule has 12 heteroatoms. The predicted molar refractivity (Wildman–Crippen MR) is 294 cm³/mol. The third kappa shape index (κ3) is 39.0. The smallest absolute Gasteiger partial charge is 0.335 e. The van der Waals surface area contributed by atoms with Crippen molar-refractivity contribution in [2.75, 3.05) is 13.2 Å². The molecular weight excluding hydrogens is 925 g/mol. The molecule has 416 valence electrons. The summed E-state index contributed by atoms with van der Waals surface area (Å²) in [5, 5.41) is 31.4. The third-order valence-electron chi connectivity index (χ3n) is 12.5. The van der Waals surface area contributed by atoms with Crippen LogP contribution in [0.1, 0.15) is 226 Å². The molecule has 3 N–H and O–H groups in total. The van der Waals surface area contributed by atoms with Gasteiger partial charge in [0.05, 0.1) is 6.61 Å². The van der Waals surface area contributed by atoms with Crippen LogP contribution in [0, 0.1) is 0 Å². The zero-order valence-corrected chi connectivity index (χ0v) is 45.6. The number of hydrogen-bond donors (Lipinski definition) is 3. The molecule has 0 spiro atoms. The van der Waals surface area contributed by atoms with E-state index in [4.69, 9.17) is 23.7 Å². The zero-order valence-electron chi connectivity index (χ0n) is 45.6. The van der Waals surface area contributed by atoms with Crippen molar-refractivity contribution in [3.63, 3.8) is 0 Å². The van der Waals surface area contributed by atoms with Crippen molar-refractivity contribution in [2.45, 2.75) is 263 Å². The largest absolute Gasteiger partial charge is 0.479 e. The molecule has 1 aliphatic rings. The topological polar surface area (TPSA) is 175 Å². The SMILES string of the molecule is CC/C=C\C/C=C\C/C=C\C/C=C\CCC(=O)OC1C(OCC(COC(=O)CCCCCCCC/C=C\C/C=C\C/C=C\CCCCC)OC(=O)CCCCCCCCCCCCC)OC(C(=O)O)C(O)C1O. The number of ether oxygens (including phenoxy) is 5. The molecule has 0 amide bonds. The molecule has 1 rings (SSSR count). The quantitative estimate of drug-likeness (QED) is 0.0228. The Labute approximate surface area is 441 Å². The van der Waals surface area contributed by atoms with Crippen LogP contribution < -0.4 is 0 Å². The molecule has 6 atom stereocenters. The summed E-state index contributed by atoms with van der Waals surface area (Å²) < 4.78 is 28.3. The lowest BCUT2D eigenvalue weighted by Crippen LogP contribution is -2.61. The Balaban J connectivity index is 2.72. The number of hydrogen-bond acceptors (Lipinski definition) is 11. The van der Waals surface area contributed by atoms with Crippen LogP contribution in [0.5, 0.6) is 0 Å². The number of rotatable bonds is 47. The Bertz CT molecular complexity index is 1590. The van der Waals surface area contributed by atoms with E-state index >= 15 is 0 Å². The molecule has 1 saturated heterocycles. The van der Waals surface area contributed by atoms with Crippen molar-refractivity contribution >= 4 is 23.9 Å². The van der Waals surface area contributed by atoms with E-state index in [9.17, 15) is 34.5 Å². The minimum atomic E-state index is -1.93. The first-order chi connectivity index (χ1) is 35.6. The van der Waals surface area contributed by atoms with E-state index in [2.05, 4.69) is 87.6 Å². The number of carboxylic acid groups (broad SMARTS) is 1. The second kappa shape index (κ2) is 48.8. The van der Waals surface area contributed by atoms with Crippen molar-refractivity contribution in [3.05, 3.63) is 85.1 Å². The van der Waals surface area contributed by atoms with E-state index < -0.39 is 67.3 Å². The minimum absolute atomic E-state index is 0.0638. The summed E-state index contributed by atoms with van der Waals surface area (Å²) in [6.07, 6.45) is 50.1. The first kappa shape index (κ1) is 66.9. The number of aliphatic carboxylic acids is 1. The highest BCUT2D eigenvalue weighted by Crippen LogP contribution is 2.26. The average molecular weight is 1030 g/mol. The highest BCUT2D eigenvalue weighted by Gasteiger charge is 2.50. The summed E-state index contributed by atoms with van der Waals surface area (Å²) in [5.74, 6) is -3.24. The van der Waals surface area contributed by atoms with Gasteiger partial charge < -0.3 is 39.0 Å². The van der Waals surface area contributed by atoms with Gasteiger partial charge in [0.1, 0.15) is 18.8 Å². The van der Waals surface area contributed by atoms with Gasteiger partial charge in [0.15, 0.2) is 24.6 Å². The van der Waals surface area contributed by atoms with Crippen molar-refractivity contribution in [3.8, 4) is 0 Å². The normalized spacial score (nSPS) is 18.9. The van der Waals surface area contributed by atoms with Crippen LogP contribution in [0.25, 0.3) is 0 Å². The molecule has 0 aliphatic carbocycles. The van der Waals surface area contributed by atoms with Gasteiger partial charge in [-0.25, -0.2) is 4.79 Å². The summed E-state index contributed by atoms with van der Waals surface area (Å²) in [6.45, 7) is 5.78. The van der Waals surface area contributed by atoms with E-state index in [1.165, 1.54) is 70.6 Å². The Morgan fingerprint density at radius 1 is 0.466 bits per heavy atom. The van der Waals surface area contributed by atoms with E-state index in [1.807, 2.05) is 18.2 Å². The molecule has 73 heavy (non-hydrogen) atoms. The van der Waals surface area contributed by atoms with Crippen LogP contribution in [0.2, 0.25) is 0 Å². The first-order valence-corrected chi connectivity index (χ1v) is 28.6. The molecule has 0 radical (unpaired) electrons. The molecule has 0 bridgehead atoms. The van der Waals surface area contributed by atoms with Crippen molar-refractivity contribution < 1.29 is 58.2 Å². The molecular formula is C61H100O12. The molecule has 1 fully saturated rings. The van der Waals surface area contributed by atoms with Crippen LogP contribution in [-0.4, -0.2) is 89.2 Å².